The van der Waals surface area contributed by atoms with E-state index in [1.165, 1.54) is 0 Å². The van der Waals surface area contributed by atoms with Crippen molar-refractivity contribution in [3.05, 3.63) is 0 Å². The summed E-state index contributed by atoms with van der Waals surface area (Å²) < 4.78 is 0. The van der Waals surface area contributed by atoms with Gasteiger partial charge < -0.3 is 9.80 Å². The summed E-state index contributed by atoms with van der Waals surface area (Å²) in [7, 11) is 1.89. The van der Waals surface area contributed by atoms with Gasteiger partial charge in [-0.15, -0.1) is 0 Å². The van der Waals surface area contributed by atoms with Crippen molar-refractivity contribution in [2.45, 2.75) is 73.1 Å². The van der Waals surface area contributed by atoms with Crippen molar-refractivity contribution in [2.24, 2.45) is 11.8 Å². The first-order valence-electron chi connectivity index (χ1n) is 9.38. The molecule has 0 saturated heterocycles. The maximum absolute atomic E-state index is 12.1. The van der Waals surface area contributed by atoms with Crippen LogP contribution in [-0.4, -0.2) is 48.3 Å². The second-order valence-electron chi connectivity index (χ2n) is 6.99. The lowest BCUT2D eigenvalue weighted by Crippen LogP contribution is -2.35. The molecule has 0 aliphatic carbocycles. The summed E-state index contributed by atoms with van der Waals surface area (Å²) in [6, 6.07) is 0. The molecule has 0 rings (SSSR count). The lowest BCUT2D eigenvalue weighted by atomic mass is 10.0. The second-order valence-corrected chi connectivity index (χ2v) is 6.99. The normalized spacial score (nSPS) is 12.3. The molecule has 0 saturated carbocycles. The molecule has 0 aliphatic rings. The van der Waals surface area contributed by atoms with Gasteiger partial charge in [0.1, 0.15) is 0 Å². The van der Waals surface area contributed by atoms with Crippen LogP contribution >= 0.6 is 0 Å². The van der Waals surface area contributed by atoms with Gasteiger partial charge in [0.2, 0.25) is 11.8 Å². The van der Waals surface area contributed by atoms with E-state index in [9.17, 15) is 9.59 Å². The molecule has 0 spiro atoms. The Morgan fingerprint density at radius 2 is 1.43 bits per heavy atom. The zero-order chi connectivity index (χ0) is 17.8. The third-order valence-electron chi connectivity index (χ3n) is 4.22. The molecule has 4 heteroatoms. The van der Waals surface area contributed by atoms with Crippen molar-refractivity contribution < 1.29 is 9.59 Å². The molecule has 0 fully saturated rings. The summed E-state index contributed by atoms with van der Waals surface area (Å²) in [5.41, 5.74) is 0. The number of carbonyl (C=O) groups is 2. The number of amides is 2. The van der Waals surface area contributed by atoms with Crippen LogP contribution in [0.2, 0.25) is 0 Å². The minimum atomic E-state index is 0.0771. The third kappa shape index (κ3) is 8.97. The number of hydrogen-bond donors (Lipinski definition) is 0. The maximum Gasteiger partial charge on any atom is 0.225 e. The SMILES string of the molecule is CCCN(C)C(=O)C(C)CCCCCN(CCC)C(=O)C(C)C. The van der Waals surface area contributed by atoms with E-state index < -0.39 is 0 Å². The van der Waals surface area contributed by atoms with E-state index in [4.69, 9.17) is 0 Å². The Hall–Kier alpha value is -1.06. The van der Waals surface area contributed by atoms with E-state index in [1.807, 2.05) is 37.6 Å². The number of nitrogens with zero attached hydrogens (tertiary/aromatic N) is 2. The van der Waals surface area contributed by atoms with Crippen molar-refractivity contribution in [3.8, 4) is 0 Å². The molecule has 0 aromatic rings. The van der Waals surface area contributed by atoms with Gasteiger partial charge in [-0.05, 0) is 25.7 Å². The van der Waals surface area contributed by atoms with Crippen molar-refractivity contribution in [1.82, 2.24) is 9.80 Å². The summed E-state index contributed by atoms with van der Waals surface area (Å²) in [5, 5.41) is 0. The summed E-state index contributed by atoms with van der Waals surface area (Å²) in [6.45, 7) is 12.7. The number of carbonyl (C=O) groups excluding carboxylic acids is 2. The fraction of sp³-hybridized carbons (Fsp3) is 0.895. The molecular weight excluding hydrogens is 288 g/mol. The summed E-state index contributed by atoms with van der Waals surface area (Å²) in [4.78, 5) is 28.1. The van der Waals surface area contributed by atoms with Crippen LogP contribution in [0.4, 0.5) is 0 Å². The lowest BCUT2D eigenvalue weighted by Gasteiger charge is -2.24. The topological polar surface area (TPSA) is 40.6 Å². The largest absolute Gasteiger partial charge is 0.346 e. The zero-order valence-corrected chi connectivity index (χ0v) is 16.2. The molecule has 0 bridgehead atoms. The number of rotatable bonds is 12. The van der Waals surface area contributed by atoms with Crippen LogP contribution in [0.3, 0.4) is 0 Å². The second kappa shape index (κ2) is 12.4. The van der Waals surface area contributed by atoms with Gasteiger partial charge in [-0.25, -0.2) is 0 Å². The zero-order valence-electron chi connectivity index (χ0n) is 16.2. The quantitative estimate of drug-likeness (QED) is 0.510. The molecule has 4 nitrogen and oxygen atoms in total. The molecule has 23 heavy (non-hydrogen) atoms. The molecule has 0 radical (unpaired) electrons. The van der Waals surface area contributed by atoms with Gasteiger partial charge in [0.25, 0.3) is 0 Å². The van der Waals surface area contributed by atoms with Crippen molar-refractivity contribution in [3.63, 3.8) is 0 Å². The van der Waals surface area contributed by atoms with Gasteiger partial charge in [-0.2, -0.15) is 0 Å². The maximum atomic E-state index is 12.1. The Morgan fingerprint density at radius 3 is 1.96 bits per heavy atom. The van der Waals surface area contributed by atoms with Crippen molar-refractivity contribution >= 4 is 11.8 Å². The predicted octanol–water partition coefficient (Wildman–Crippen LogP) is 3.95. The molecule has 1 atom stereocenters. The van der Waals surface area contributed by atoms with Gasteiger partial charge >= 0.3 is 0 Å². The molecule has 1 unspecified atom stereocenters. The minimum absolute atomic E-state index is 0.0771. The fourth-order valence-corrected chi connectivity index (χ4v) is 2.84. The standard InChI is InChI=1S/C19H38N2O2/c1-7-13-20(6)19(23)17(5)12-10-9-11-15-21(14-8-2)18(22)16(3)4/h16-17H,7-15H2,1-6H3. The van der Waals surface area contributed by atoms with Crippen LogP contribution in [-0.2, 0) is 9.59 Å². The van der Waals surface area contributed by atoms with E-state index >= 15 is 0 Å². The van der Waals surface area contributed by atoms with Crippen LogP contribution in [0.1, 0.15) is 73.1 Å². The lowest BCUT2D eigenvalue weighted by molar-refractivity contribution is -0.134. The molecule has 0 aromatic heterocycles. The Morgan fingerprint density at radius 1 is 0.826 bits per heavy atom. The minimum Gasteiger partial charge on any atom is -0.346 e. The van der Waals surface area contributed by atoms with Crippen molar-refractivity contribution in [1.29, 1.82) is 0 Å². The van der Waals surface area contributed by atoms with Gasteiger partial charge in [-0.1, -0.05) is 47.5 Å². The van der Waals surface area contributed by atoms with Gasteiger partial charge in [0.05, 0.1) is 0 Å². The number of hydrogen-bond acceptors (Lipinski definition) is 2. The first-order chi connectivity index (χ1) is 10.8. The third-order valence-corrected chi connectivity index (χ3v) is 4.22. The highest BCUT2D eigenvalue weighted by Gasteiger charge is 2.17. The monoisotopic (exact) mass is 326 g/mol. The molecule has 0 aliphatic heterocycles. The van der Waals surface area contributed by atoms with Crippen LogP contribution in [0.5, 0.6) is 0 Å². The van der Waals surface area contributed by atoms with Crippen molar-refractivity contribution in [2.75, 3.05) is 26.7 Å². The van der Waals surface area contributed by atoms with E-state index in [0.717, 1.165) is 58.2 Å². The Kier molecular flexibility index (Phi) is 11.8. The van der Waals surface area contributed by atoms with Gasteiger partial charge in [-0.3, -0.25) is 9.59 Å². The number of unbranched alkanes of at least 4 members (excludes halogenated alkanes) is 2. The predicted molar refractivity (Wildman–Crippen MR) is 97.3 cm³/mol. The smallest absolute Gasteiger partial charge is 0.225 e. The van der Waals surface area contributed by atoms with Crippen LogP contribution in [0, 0.1) is 11.8 Å². The van der Waals surface area contributed by atoms with Crippen LogP contribution in [0.15, 0.2) is 0 Å². The average molecular weight is 327 g/mol. The first-order valence-corrected chi connectivity index (χ1v) is 9.38. The summed E-state index contributed by atoms with van der Waals surface area (Å²) in [6.07, 6.45) is 6.13. The summed E-state index contributed by atoms with van der Waals surface area (Å²) >= 11 is 0. The highest BCUT2D eigenvalue weighted by Crippen LogP contribution is 2.13. The molecule has 0 N–H and O–H groups in total. The van der Waals surface area contributed by atoms with E-state index in [1.54, 1.807) is 0 Å². The van der Waals surface area contributed by atoms with Gasteiger partial charge in [0, 0.05) is 38.5 Å². The molecule has 0 aromatic carbocycles. The van der Waals surface area contributed by atoms with Gasteiger partial charge in [0.15, 0.2) is 0 Å². The highest BCUT2D eigenvalue weighted by molar-refractivity contribution is 5.78. The van der Waals surface area contributed by atoms with E-state index in [0.29, 0.717) is 0 Å². The fourth-order valence-electron chi connectivity index (χ4n) is 2.84. The van der Waals surface area contributed by atoms with Crippen LogP contribution < -0.4 is 0 Å². The molecular formula is C19H38N2O2. The molecule has 2 amide bonds. The Labute approximate surface area is 143 Å². The Balaban J connectivity index is 4.01. The molecule has 136 valence electrons. The summed E-state index contributed by atoms with van der Waals surface area (Å²) in [5.74, 6) is 0.704. The van der Waals surface area contributed by atoms with E-state index in [-0.39, 0.29) is 23.7 Å². The highest BCUT2D eigenvalue weighted by atomic mass is 16.2. The average Bonchev–Trinajstić information content (AvgIpc) is 2.51. The molecule has 0 heterocycles. The first kappa shape index (κ1) is 21.9. The Bertz CT molecular complexity index is 342. The van der Waals surface area contributed by atoms with E-state index in [2.05, 4.69) is 13.8 Å². The van der Waals surface area contributed by atoms with Crippen LogP contribution in [0.25, 0.3) is 0 Å².